The first-order valence-electron chi connectivity index (χ1n) is 7.05. The first-order valence-corrected chi connectivity index (χ1v) is 7.05. The summed E-state index contributed by atoms with van der Waals surface area (Å²) in [5.74, 6) is -0.684. The number of benzene rings is 1. The molecule has 1 fully saturated rings. The molecule has 21 heavy (non-hydrogen) atoms. The van der Waals surface area contributed by atoms with Gasteiger partial charge in [-0.25, -0.2) is 4.39 Å². The fourth-order valence-corrected chi connectivity index (χ4v) is 2.30. The second-order valence-electron chi connectivity index (χ2n) is 5.06. The first kappa shape index (κ1) is 15.7. The molecule has 0 saturated carbocycles. The number of nitrogens with zero attached hydrogens (tertiary/aromatic N) is 1. The van der Waals surface area contributed by atoms with Crippen LogP contribution in [-0.4, -0.2) is 56.8 Å². The van der Waals surface area contributed by atoms with Crippen LogP contribution in [-0.2, 0) is 4.74 Å². The van der Waals surface area contributed by atoms with Gasteiger partial charge >= 0.3 is 0 Å². The molecule has 1 aromatic rings. The molecule has 1 saturated heterocycles. The number of hydrogen-bond acceptors (Lipinski definition) is 4. The Bertz CT molecular complexity index is 490. The number of methoxy groups -OCH3 is 1. The van der Waals surface area contributed by atoms with Gasteiger partial charge in [-0.3, -0.25) is 9.69 Å². The molecule has 116 valence electrons. The van der Waals surface area contributed by atoms with E-state index in [1.54, 1.807) is 6.07 Å². The third-order valence-electron chi connectivity index (χ3n) is 3.64. The molecule has 2 rings (SSSR count). The summed E-state index contributed by atoms with van der Waals surface area (Å²) >= 11 is 0. The van der Waals surface area contributed by atoms with E-state index in [0.29, 0.717) is 12.1 Å². The quantitative estimate of drug-likeness (QED) is 0.889. The van der Waals surface area contributed by atoms with Gasteiger partial charge in [0.2, 0.25) is 0 Å². The Morgan fingerprint density at radius 2 is 2.19 bits per heavy atom. The maximum Gasteiger partial charge on any atom is 0.251 e. The molecule has 0 aromatic heterocycles. The van der Waals surface area contributed by atoms with Crippen LogP contribution in [0.5, 0.6) is 5.75 Å². The van der Waals surface area contributed by atoms with E-state index in [1.807, 2.05) is 0 Å². The Labute approximate surface area is 124 Å². The monoisotopic (exact) mass is 296 g/mol. The van der Waals surface area contributed by atoms with Crippen molar-refractivity contribution in [1.82, 2.24) is 10.2 Å². The number of nitrogens with one attached hydrogen (secondary N) is 1. The molecule has 1 amide bonds. The highest BCUT2D eigenvalue weighted by atomic mass is 19.1. The Hall–Kier alpha value is -1.66. The summed E-state index contributed by atoms with van der Waals surface area (Å²) in [6.45, 7) is 5.76. The number of hydrogen-bond donors (Lipinski definition) is 1. The van der Waals surface area contributed by atoms with Crippen LogP contribution in [0.4, 0.5) is 4.39 Å². The molecule has 0 aliphatic carbocycles. The molecule has 1 aromatic carbocycles. The molecule has 1 aliphatic rings. The second-order valence-corrected chi connectivity index (χ2v) is 5.06. The summed E-state index contributed by atoms with van der Waals surface area (Å²) in [4.78, 5) is 14.3. The van der Waals surface area contributed by atoms with Gasteiger partial charge in [0.05, 0.1) is 20.3 Å². The molecule has 1 N–H and O–H groups in total. The van der Waals surface area contributed by atoms with Crippen molar-refractivity contribution in [3.05, 3.63) is 29.6 Å². The fraction of sp³-hybridized carbons (Fsp3) is 0.533. The summed E-state index contributed by atoms with van der Waals surface area (Å²) in [7, 11) is 1.39. The van der Waals surface area contributed by atoms with Gasteiger partial charge < -0.3 is 14.8 Å². The van der Waals surface area contributed by atoms with E-state index in [2.05, 4.69) is 17.1 Å². The van der Waals surface area contributed by atoms with Crippen molar-refractivity contribution in [2.24, 2.45) is 0 Å². The summed E-state index contributed by atoms with van der Waals surface area (Å²) < 4.78 is 23.7. The second kappa shape index (κ2) is 7.38. The maximum atomic E-state index is 13.6. The normalized spacial score (nSPS) is 17.3. The van der Waals surface area contributed by atoms with E-state index in [-0.39, 0.29) is 17.7 Å². The highest BCUT2D eigenvalue weighted by molar-refractivity contribution is 5.94. The molecule has 5 nitrogen and oxygen atoms in total. The summed E-state index contributed by atoms with van der Waals surface area (Å²) in [5, 5.41) is 2.83. The van der Waals surface area contributed by atoms with Gasteiger partial charge in [-0.2, -0.15) is 0 Å². The van der Waals surface area contributed by atoms with Gasteiger partial charge in [-0.15, -0.1) is 0 Å². The van der Waals surface area contributed by atoms with Crippen LogP contribution in [0.2, 0.25) is 0 Å². The Balaban J connectivity index is 1.87. The molecular weight excluding hydrogens is 275 g/mol. The minimum atomic E-state index is -0.536. The smallest absolute Gasteiger partial charge is 0.251 e. The molecular formula is C15H21FN2O3. The SMILES string of the molecule is COc1ccc(C(=O)NCC(C)N2CCOCC2)cc1F. The van der Waals surface area contributed by atoms with Gasteiger partial charge in [0.1, 0.15) is 0 Å². The topological polar surface area (TPSA) is 50.8 Å². The molecule has 0 bridgehead atoms. The van der Waals surface area contributed by atoms with E-state index in [9.17, 15) is 9.18 Å². The Morgan fingerprint density at radius 1 is 1.48 bits per heavy atom. The van der Waals surface area contributed by atoms with Crippen LogP contribution >= 0.6 is 0 Å². The lowest BCUT2D eigenvalue weighted by molar-refractivity contribution is 0.0204. The van der Waals surface area contributed by atoms with Gasteiger partial charge in [0, 0.05) is 31.2 Å². The molecule has 0 spiro atoms. The summed E-state index contributed by atoms with van der Waals surface area (Å²) in [6.07, 6.45) is 0. The van der Waals surface area contributed by atoms with E-state index in [1.165, 1.54) is 19.2 Å². The maximum absolute atomic E-state index is 13.6. The predicted molar refractivity (Wildman–Crippen MR) is 77.1 cm³/mol. The number of carbonyl (C=O) groups is 1. The minimum Gasteiger partial charge on any atom is -0.494 e. The van der Waals surface area contributed by atoms with Crippen LogP contribution in [0.3, 0.4) is 0 Å². The fourth-order valence-electron chi connectivity index (χ4n) is 2.30. The zero-order valence-electron chi connectivity index (χ0n) is 12.4. The molecule has 1 atom stereocenters. The minimum absolute atomic E-state index is 0.133. The van der Waals surface area contributed by atoms with Gasteiger partial charge in [0.25, 0.3) is 5.91 Å². The zero-order chi connectivity index (χ0) is 15.2. The lowest BCUT2D eigenvalue weighted by Crippen LogP contribution is -2.47. The average Bonchev–Trinajstić information content (AvgIpc) is 2.53. The predicted octanol–water partition coefficient (Wildman–Crippen LogP) is 1.28. The highest BCUT2D eigenvalue weighted by Crippen LogP contribution is 2.17. The van der Waals surface area contributed by atoms with E-state index in [4.69, 9.17) is 9.47 Å². The summed E-state index contributed by atoms with van der Waals surface area (Å²) in [6, 6.07) is 4.42. The molecule has 0 radical (unpaired) electrons. The largest absolute Gasteiger partial charge is 0.494 e. The number of carbonyl (C=O) groups excluding carboxylic acids is 1. The van der Waals surface area contributed by atoms with Gasteiger partial charge in [-0.1, -0.05) is 0 Å². The summed E-state index contributed by atoms with van der Waals surface area (Å²) in [5.41, 5.74) is 0.294. The zero-order valence-corrected chi connectivity index (χ0v) is 12.4. The van der Waals surface area contributed by atoms with Gasteiger partial charge in [0.15, 0.2) is 11.6 Å². The number of amides is 1. The Kier molecular flexibility index (Phi) is 5.52. The van der Waals surface area contributed by atoms with Crippen molar-refractivity contribution in [2.75, 3.05) is 40.0 Å². The van der Waals surface area contributed by atoms with Crippen LogP contribution in [0.25, 0.3) is 0 Å². The number of morpholine rings is 1. The van der Waals surface area contributed by atoms with E-state index in [0.717, 1.165) is 26.3 Å². The van der Waals surface area contributed by atoms with Crippen molar-refractivity contribution in [2.45, 2.75) is 13.0 Å². The number of ether oxygens (including phenoxy) is 2. The highest BCUT2D eigenvalue weighted by Gasteiger charge is 2.18. The lowest BCUT2D eigenvalue weighted by Gasteiger charge is -2.32. The van der Waals surface area contributed by atoms with Gasteiger partial charge in [-0.05, 0) is 25.1 Å². The van der Waals surface area contributed by atoms with E-state index >= 15 is 0 Å². The third kappa shape index (κ3) is 4.15. The Morgan fingerprint density at radius 3 is 2.81 bits per heavy atom. The van der Waals surface area contributed by atoms with Crippen LogP contribution in [0.1, 0.15) is 17.3 Å². The number of rotatable bonds is 5. The average molecular weight is 296 g/mol. The third-order valence-corrected chi connectivity index (χ3v) is 3.64. The van der Waals surface area contributed by atoms with Crippen LogP contribution in [0, 0.1) is 5.82 Å². The van der Waals surface area contributed by atoms with Crippen LogP contribution < -0.4 is 10.1 Å². The van der Waals surface area contributed by atoms with Crippen molar-refractivity contribution >= 4 is 5.91 Å². The van der Waals surface area contributed by atoms with E-state index < -0.39 is 5.82 Å². The molecule has 1 aliphatic heterocycles. The van der Waals surface area contributed by atoms with Crippen LogP contribution in [0.15, 0.2) is 18.2 Å². The number of halogens is 1. The standard InChI is InChI=1S/C15H21FN2O3/c1-11(18-5-7-21-8-6-18)10-17-15(19)12-3-4-14(20-2)13(16)9-12/h3-4,9,11H,5-8,10H2,1-2H3,(H,17,19). The van der Waals surface area contributed by atoms with Crippen molar-refractivity contribution < 1.29 is 18.7 Å². The molecule has 6 heteroatoms. The first-order chi connectivity index (χ1) is 10.1. The van der Waals surface area contributed by atoms with Crippen molar-refractivity contribution in [1.29, 1.82) is 0 Å². The van der Waals surface area contributed by atoms with Crippen molar-refractivity contribution in [3.63, 3.8) is 0 Å². The molecule has 1 unspecified atom stereocenters. The van der Waals surface area contributed by atoms with Crippen molar-refractivity contribution in [3.8, 4) is 5.75 Å². The molecule has 1 heterocycles. The lowest BCUT2D eigenvalue weighted by atomic mass is 10.2.